The molecule has 0 atom stereocenters. The molecule has 0 aliphatic carbocycles. The van der Waals surface area contributed by atoms with E-state index in [0.29, 0.717) is 16.9 Å². The summed E-state index contributed by atoms with van der Waals surface area (Å²) in [4.78, 5) is 62.6. The van der Waals surface area contributed by atoms with E-state index in [1.165, 1.54) is 36.1 Å². The predicted molar refractivity (Wildman–Crippen MR) is 132 cm³/mol. The average molecular weight is 485 g/mol. The molecule has 3 aromatic rings. The fraction of sp³-hybridized carbons (Fsp3) is 0.148. The average Bonchev–Trinajstić information content (AvgIpc) is 3.09. The molecule has 0 aromatic heterocycles. The van der Waals surface area contributed by atoms with Gasteiger partial charge in [-0.15, -0.1) is 0 Å². The van der Waals surface area contributed by atoms with E-state index in [9.17, 15) is 24.0 Å². The lowest BCUT2D eigenvalue weighted by molar-refractivity contribution is -0.131. The van der Waals surface area contributed by atoms with Crippen LogP contribution in [0.2, 0.25) is 0 Å². The summed E-state index contributed by atoms with van der Waals surface area (Å²) in [5.41, 5.74) is 2.01. The Morgan fingerprint density at radius 1 is 0.750 bits per heavy atom. The van der Waals surface area contributed by atoms with Gasteiger partial charge < -0.3 is 15.4 Å². The van der Waals surface area contributed by atoms with E-state index in [0.717, 1.165) is 0 Å². The fourth-order valence-corrected chi connectivity index (χ4v) is 3.78. The largest absolute Gasteiger partial charge is 0.427 e. The Kier molecular flexibility index (Phi) is 6.64. The number of hydrogen-bond donors (Lipinski definition) is 2. The summed E-state index contributed by atoms with van der Waals surface area (Å²) in [6.45, 7) is 4.78. The molecular formula is C27H23N3O6. The molecule has 9 heteroatoms. The molecule has 0 spiro atoms. The van der Waals surface area contributed by atoms with Crippen LogP contribution in [0.15, 0.2) is 66.7 Å². The second-order valence-corrected chi connectivity index (χ2v) is 8.44. The Bertz CT molecular complexity index is 1390. The number of nitrogens with one attached hydrogen (secondary N) is 2. The van der Waals surface area contributed by atoms with Crippen LogP contribution in [0.4, 0.5) is 11.4 Å². The molecule has 0 bridgehead atoms. The second kappa shape index (κ2) is 9.83. The van der Waals surface area contributed by atoms with Gasteiger partial charge in [0.2, 0.25) is 0 Å². The fourth-order valence-electron chi connectivity index (χ4n) is 3.78. The van der Waals surface area contributed by atoms with Crippen molar-refractivity contribution in [1.82, 2.24) is 4.90 Å². The highest BCUT2D eigenvalue weighted by atomic mass is 16.5. The molecule has 0 saturated carbocycles. The van der Waals surface area contributed by atoms with E-state index < -0.39 is 23.7 Å². The van der Waals surface area contributed by atoms with Crippen molar-refractivity contribution in [3.8, 4) is 5.75 Å². The highest BCUT2D eigenvalue weighted by Crippen LogP contribution is 2.26. The minimum Gasteiger partial charge on any atom is -0.427 e. The summed E-state index contributed by atoms with van der Waals surface area (Å²) in [6.07, 6.45) is 0. The third kappa shape index (κ3) is 5.00. The maximum absolute atomic E-state index is 12.7. The maximum Gasteiger partial charge on any atom is 0.308 e. The first-order valence-electron chi connectivity index (χ1n) is 11.2. The summed E-state index contributed by atoms with van der Waals surface area (Å²) < 4.78 is 5.00. The van der Waals surface area contributed by atoms with Gasteiger partial charge in [0.25, 0.3) is 23.6 Å². The lowest BCUT2D eigenvalue weighted by atomic mass is 10.1. The van der Waals surface area contributed by atoms with E-state index in [2.05, 4.69) is 10.6 Å². The summed E-state index contributed by atoms with van der Waals surface area (Å²) in [5.74, 6) is -1.84. The Hall–Kier alpha value is -4.79. The molecular weight excluding hydrogens is 462 g/mol. The van der Waals surface area contributed by atoms with Gasteiger partial charge in [-0.2, -0.15) is 0 Å². The molecule has 36 heavy (non-hydrogen) atoms. The van der Waals surface area contributed by atoms with E-state index in [1.807, 2.05) is 0 Å². The number of rotatable bonds is 6. The Balaban J connectivity index is 1.42. The number of esters is 1. The molecule has 3 aromatic carbocycles. The van der Waals surface area contributed by atoms with Gasteiger partial charge in [0, 0.05) is 35.5 Å². The standard InChI is InChI=1S/C27H23N3O6/c1-15(2)30-26(34)22-12-7-18(14-23(22)27(30)35)25(33)29-20-10-8-19(9-11-20)28-24(32)17-5-4-6-21(13-17)36-16(3)31/h4-15H,1-3H3,(H,28,32)(H,29,33). The monoisotopic (exact) mass is 485 g/mol. The molecule has 4 rings (SSSR count). The van der Waals surface area contributed by atoms with Crippen molar-refractivity contribution in [2.24, 2.45) is 0 Å². The van der Waals surface area contributed by atoms with Crippen molar-refractivity contribution in [2.75, 3.05) is 10.6 Å². The number of nitrogens with zero attached hydrogens (tertiary/aromatic N) is 1. The van der Waals surface area contributed by atoms with Crippen molar-refractivity contribution < 1.29 is 28.7 Å². The number of fused-ring (bicyclic) bond motifs is 1. The highest BCUT2D eigenvalue weighted by molar-refractivity contribution is 6.22. The molecule has 0 saturated heterocycles. The summed E-state index contributed by atoms with van der Waals surface area (Å²) in [6, 6.07) is 16.8. The van der Waals surface area contributed by atoms with Gasteiger partial charge in [0.1, 0.15) is 5.75 Å². The van der Waals surface area contributed by atoms with Gasteiger partial charge in [-0.1, -0.05) is 6.07 Å². The van der Waals surface area contributed by atoms with Crippen LogP contribution in [0.5, 0.6) is 5.75 Å². The topological polar surface area (TPSA) is 122 Å². The van der Waals surface area contributed by atoms with Gasteiger partial charge in [-0.25, -0.2) is 0 Å². The Labute approximate surface area is 207 Å². The van der Waals surface area contributed by atoms with E-state index in [-0.39, 0.29) is 34.4 Å². The van der Waals surface area contributed by atoms with Crippen LogP contribution in [-0.2, 0) is 4.79 Å². The normalized spacial score (nSPS) is 12.4. The number of ether oxygens (including phenoxy) is 1. The van der Waals surface area contributed by atoms with Gasteiger partial charge >= 0.3 is 5.97 Å². The first-order valence-corrected chi connectivity index (χ1v) is 11.2. The Morgan fingerprint density at radius 2 is 1.31 bits per heavy atom. The van der Waals surface area contributed by atoms with Crippen LogP contribution in [0.1, 0.15) is 62.2 Å². The molecule has 1 heterocycles. The van der Waals surface area contributed by atoms with Crippen molar-refractivity contribution in [1.29, 1.82) is 0 Å². The van der Waals surface area contributed by atoms with Gasteiger partial charge in [-0.05, 0) is 74.5 Å². The lowest BCUT2D eigenvalue weighted by Crippen LogP contribution is -2.35. The number of benzene rings is 3. The molecule has 0 radical (unpaired) electrons. The zero-order chi connectivity index (χ0) is 26.0. The van der Waals surface area contributed by atoms with Gasteiger partial charge in [0.05, 0.1) is 11.1 Å². The molecule has 9 nitrogen and oxygen atoms in total. The third-order valence-electron chi connectivity index (χ3n) is 5.46. The first kappa shape index (κ1) is 24.3. The number of amides is 4. The van der Waals surface area contributed by atoms with Crippen LogP contribution in [0.3, 0.4) is 0 Å². The van der Waals surface area contributed by atoms with Crippen molar-refractivity contribution in [3.05, 3.63) is 89.0 Å². The van der Waals surface area contributed by atoms with E-state index in [1.54, 1.807) is 56.3 Å². The quantitative estimate of drug-likeness (QED) is 0.308. The predicted octanol–water partition coefficient (Wildman–Crippen LogP) is 4.12. The number of anilines is 2. The van der Waals surface area contributed by atoms with Crippen LogP contribution < -0.4 is 15.4 Å². The molecule has 182 valence electrons. The van der Waals surface area contributed by atoms with E-state index in [4.69, 9.17) is 4.74 Å². The molecule has 0 fully saturated rings. The van der Waals surface area contributed by atoms with Crippen molar-refractivity contribution in [3.63, 3.8) is 0 Å². The molecule has 1 aliphatic heterocycles. The van der Waals surface area contributed by atoms with Crippen molar-refractivity contribution >= 4 is 41.0 Å². The molecule has 4 amide bonds. The SMILES string of the molecule is CC(=O)Oc1cccc(C(=O)Nc2ccc(NC(=O)c3ccc4c(c3)C(=O)N(C(C)C)C4=O)cc2)c1. The highest BCUT2D eigenvalue weighted by Gasteiger charge is 2.37. The number of carbonyl (C=O) groups is 5. The summed E-state index contributed by atoms with van der Waals surface area (Å²) in [5, 5.41) is 5.47. The number of hydrogen-bond acceptors (Lipinski definition) is 6. The maximum atomic E-state index is 12.7. The smallest absolute Gasteiger partial charge is 0.308 e. The molecule has 1 aliphatic rings. The zero-order valence-corrected chi connectivity index (χ0v) is 19.8. The zero-order valence-electron chi connectivity index (χ0n) is 19.8. The van der Waals surface area contributed by atoms with Gasteiger partial charge in [-0.3, -0.25) is 28.9 Å². The minimum absolute atomic E-state index is 0.206. The van der Waals surface area contributed by atoms with Gasteiger partial charge in [0.15, 0.2) is 0 Å². The summed E-state index contributed by atoms with van der Waals surface area (Å²) in [7, 11) is 0. The second-order valence-electron chi connectivity index (χ2n) is 8.44. The van der Waals surface area contributed by atoms with Crippen LogP contribution >= 0.6 is 0 Å². The first-order chi connectivity index (χ1) is 17.1. The molecule has 0 unspecified atom stereocenters. The third-order valence-corrected chi connectivity index (χ3v) is 5.46. The van der Waals surface area contributed by atoms with Crippen LogP contribution in [0.25, 0.3) is 0 Å². The lowest BCUT2D eigenvalue weighted by Gasteiger charge is -2.17. The number of imide groups is 1. The summed E-state index contributed by atoms with van der Waals surface area (Å²) >= 11 is 0. The molecule has 2 N–H and O–H groups in total. The van der Waals surface area contributed by atoms with Crippen molar-refractivity contribution in [2.45, 2.75) is 26.8 Å². The van der Waals surface area contributed by atoms with Crippen LogP contribution in [-0.4, -0.2) is 40.5 Å². The number of carbonyl (C=O) groups excluding carboxylic acids is 5. The Morgan fingerprint density at radius 3 is 1.86 bits per heavy atom. The van der Waals surface area contributed by atoms with Crippen LogP contribution in [0, 0.1) is 0 Å². The van der Waals surface area contributed by atoms with E-state index >= 15 is 0 Å². The minimum atomic E-state index is -0.484.